The molecule has 1 amide bonds. The summed E-state index contributed by atoms with van der Waals surface area (Å²) in [6.07, 6.45) is 1.50. The molecule has 5 nitrogen and oxygen atoms in total. The number of amides is 1. The Morgan fingerprint density at radius 3 is 2.52 bits per heavy atom. The minimum Gasteiger partial charge on any atom is -0.490 e. The molecular weight excluding hydrogens is 504 g/mol. The number of nitrogens with zero attached hydrogens (tertiary/aromatic N) is 1. The number of carbonyl (C=O) groups is 1. The molecule has 0 aliphatic carbocycles. The van der Waals surface area contributed by atoms with E-state index < -0.39 is 5.91 Å². The lowest BCUT2D eigenvalue weighted by atomic mass is 10.1. The Hall–Kier alpha value is -3.27. The highest BCUT2D eigenvalue weighted by Crippen LogP contribution is 2.35. The van der Waals surface area contributed by atoms with Crippen LogP contribution in [0.5, 0.6) is 11.5 Å². The third-order valence-corrected chi connectivity index (χ3v) is 5.79. The molecule has 0 saturated heterocycles. The lowest BCUT2D eigenvalue weighted by molar-refractivity contribution is -0.112. The Morgan fingerprint density at radius 2 is 1.85 bits per heavy atom. The third kappa shape index (κ3) is 6.61. The van der Waals surface area contributed by atoms with Crippen LogP contribution in [0.2, 0.25) is 5.02 Å². The quantitative estimate of drug-likeness (QED) is 0.256. The number of anilines is 1. The smallest absolute Gasteiger partial charge is 0.266 e. The fourth-order valence-electron chi connectivity index (χ4n) is 2.95. The number of aryl methyl sites for hydroxylation is 1. The zero-order chi connectivity index (χ0) is 23.8. The predicted molar refractivity (Wildman–Crippen MR) is 134 cm³/mol. The van der Waals surface area contributed by atoms with Crippen molar-refractivity contribution in [3.63, 3.8) is 0 Å². The molecule has 168 valence electrons. The van der Waals surface area contributed by atoms with Crippen molar-refractivity contribution in [3.8, 4) is 17.6 Å². The molecule has 0 unspecified atom stereocenters. The van der Waals surface area contributed by atoms with Gasteiger partial charge in [-0.15, -0.1) is 0 Å². The second-order valence-corrected chi connectivity index (χ2v) is 8.38. The normalized spacial score (nSPS) is 10.9. The van der Waals surface area contributed by atoms with E-state index in [9.17, 15) is 10.1 Å². The molecule has 3 aromatic carbocycles. The van der Waals surface area contributed by atoms with Crippen LogP contribution in [0.3, 0.4) is 0 Å². The van der Waals surface area contributed by atoms with E-state index in [2.05, 4.69) is 21.2 Å². The Balaban J connectivity index is 1.85. The van der Waals surface area contributed by atoms with Crippen LogP contribution in [-0.4, -0.2) is 12.5 Å². The first kappa shape index (κ1) is 24.4. The second-order valence-electron chi connectivity index (χ2n) is 7.12. The van der Waals surface area contributed by atoms with Crippen LogP contribution < -0.4 is 14.8 Å². The van der Waals surface area contributed by atoms with Gasteiger partial charge in [-0.2, -0.15) is 5.26 Å². The van der Waals surface area contributed by atoms with Gasteiger partial charge in [-0.1, -0.05) is 63.9 Å². The first-order valence-electron chi connectivity index (χ1n) is 10.2. The molecule has 0 aliphatic heterocycles. The highest BCUT2D eigenvalue weighted by atomic mass is 79.9. The first-order valence-corrected chi connectivity index (χ1v) is 11.4. The van der Waals surface area contributed by atoms with Crippen molar-refractivity contribution in [2.75, 3.05) is 11.9 Å². The fraction of sp³-hybridized carbons (Fsp3) is 0.154. The zero-order valence-corrected chi connectivity index (χ0v) is 20.5. The van der Waals surface area contributed by atoms with Crippen molar-refractivity contribution in [1.29, 1.82) is 5.26 Å². The van der Waals surface area contributed by atoms with Crippen molar-refractivity contribution in [2.24, 2.45) is 0 Å². The molecule has 3 aromatic rings. The Kier molecular flexibility index (Phi) is 8.53. The van der Waals surface area contributed by atoms with Crippen molar-refractivity contribution < 1.29 is 14.3 Å². The minimum atomic E-state index is -0.535. The maximum Gasteiger partial charge on any atom is 0.266 e. The van der Waals surface area contributed by atoms with Gasteiger partial charge in [0, 0.05) is 15.2 Å². The molecule has 0 spiro atoms. The number of halogens is 2. The van der Waals surface area contributed by atoms with Gasteiger partial charge >= 0.3 is 0 Å². The standard InChI is InChI=1S/C26H22BrClN2O3/c1-3-32-24-12-19(22(27)14-25(24)33-16-18-7-5-4-6-8-18)11-20(15-29)26(31)30-21-10-9-17(2)23(28)13-21/h4-14H,3,16H2,1-2H3,(H,30,31)/b20-11-. The maximum absolute atomic E-state index is 12.7. The minimum absolute atomic E-state index is 0.0622. The molecule has 0 fully saturated rings. The number of nitriles is 1. The average Bonchev–Trinajstić information content (AvgIpc) is 2.81. The van der Waals surface area contributed by atoms with Crippen LogP contribution in [0.15, 0.2) is 70.7 Å². The molecule has 3 rings (SSSR count). The molecule has 1 N–H and O–H groups in total. The monoisotopic (exact) mass is 524 g/mol. The second kappa shape index (κ2) is 11.6. The Bertz CT molecular complexity index is 1220. The number of carbonyl (C=O) groups excluding carboxylic acids is 1. The number of rotatable bonds is 8. The van der Waals surface area contributed by atoms with Crippen LogP contribution >= 0.6 is 27.5 Å². The van der Waals surface area contributed by atoms with E-state index in [1.54, 1.807) is 30.3 Å². The van der Waals surface area contributed by atoms with E-state index in [-0.39, 0.29) is 5.57 Å². The van der Waals surface area contributed by atoms with Crippen LogP contribution in [-0.2, 0) is 11.4 Å². The SMILES string of the molecule is CCOc1cc(/C=C(/C#N)C(=O)Nc2ccc(C)c(Cl)c2)c(Br)cc1OCc1ccccc1. The number of hydrogen-bond acceptors (Lipinski definition) is 4. The zero-order valence-electron chi connectivity index (χ0n) is 18.2. The summed E-state index contributed by atoms with van der Waals surface area (Å²) in [7, 11) is 0. The van der Waals surface area contributed by atoms with Crippen molar-refractivity contribution in [1.82, 2.24) is 0 Å². The Morgan fingerprint density at radius 1 is 1.12 bits per heavy atom. The summed E-state index contributed by atoms with van der Waals surface area (Å²) in [6, 6.07) is 20.4. The van der Waals surface area contributed by atoms with Gasteiger partial charge in [0.25, 0.3) is 5.91 Å². The van der Waals surface area contributed by atoms with Gasteiger partial charge in [-0.05, 0) is 60.9 Å². The average molecular weight is 526 g/mol. The summed E-state index contributed by atoms with van der Waals surface area (Å²) in [4.78, 5) is 12.7. The molecule has 0 radical (unpaired) electrons. The van der Waals surface area contributed by atoms with Gasteiger partial charge < -0.3 is 14.8 Å². The number of nitrogens with one attached hydrogen (secondary N) is 1. The van der Waals surface area contributed by atoms with E-state index in [1.165, 1.54) is 6.08 Å². The summed E-state index contributed by atoms with van der Waals surface area (Å²) in [6.45, 7) is 4.56. The van der Waals surface area contributed by atoms with E-state index >= 15 is 0 Å². The molecule has 0 aromatic heterocycles. The summed E-state index contributed by atoms with van der Waals surface area (Å²) in [5.41, 5.74) is 2.98. The molecular formula is C26H22BrClN2O3. The first-order chi connectivity index (χ1) is 15.9. The van der Waals surface area contributed by atoms with E-state index in [4.69, 9.17) is 21.1 Å². The van der Waals surface area contributed by atoms with Gasteiger partial charge in [-0.25, -0.2) is 0 Å². The largest absolute Gasteiger partial charge is 0.490 e. The molecule has 0 heterocycles. The van der Waals surface area contributed by atoms with Crippen LogP contribution in [0.4, 0.5) is 5.69 Å². The number of benzene rings is 3. The number of ether oxygens (including phenoxy) is 2. The molecule has 0 aliphatic rings. The van der Waals surface area contributed by atoms with Gasteiger partial charge in [0.2, 0.25) is 0 Å². The summed E-state index contributed by atoms with van der Waals surface area (Å²) in [5.74, 6) is 0.541. The highest BCUT2D eigenvalue weighted by Gasteiger charge is 2.15. The van der Waals surface area contributed by atoms with E-state index in [1.807, 2.05) is 50.2 Å². The lowest BCUT2D eigenvalue weighted by Crippen LogP contribution is -2.13. The molecule has 7 heteroatoms. The highest BCUT2D eigenvalue weighted by molar-refractivity contribution is 9.10. The molecule has 0 bridgehead atoms. The van der Waals surface area contributed by atoms with Gasteiger partial charge in [0.05, 0.1) is 6.61 Å². The van der Waals surface area contributed by atoms with Crippen molar-refractivity contribution in [3.05, 3.63) is 92.4 Å². The van der Waals surface area contributed by atoms with Gasteiger partial charge in [-0.3, -0.25) is 4.79 Å². The topological polar surface area (TPSA) is 71.3 Å². The van der Waals surface area contributed by atoms with E-state index in [0.717, 1.165) is 11.1 Å². The molecule has 0 saturated carbocycles. The van der Waals surface area contributed by atoms with Gasteiger partial charge in [0.15, 0.2) is 11.5 Å². The maximum atomic E-state index is 12.7. The summed E-state index contributed by atoms with van der Waals surface area (Å²) >= 11 is 9.64. The summed E-state index contributed by atoms with van der Waals surface area (Å²) < 4.78 is 12.4. The predicted octanol–water partition coefficient (Wildman–Crippen LogP) is 6.93. The van der Waals surface area contributed by atoms with Crippen molar-refractivity contribution >= 4 is 45.2 Å². The van der Waals surface area contributed by atoms with Crippen LogP contribution in [0.25, 0.3) is 6.08 Å². The van der Waals surface area contributed by atoms with Gasteiger partial charge in [0.1, 0.15) is 18.2 Å². The summed E-state index contributed by atoms with van der Waals surface area (Å²) in [5, 5.41) is 12.8. The van der Waals surface area contributed by atoms with E-state index in [0.29, 0.717) is 45.5 Å². The fourth-order valence-corrected chi connectivity index (χ4v) is 3.57. The Labute approximate surface area is 206 Å². The third-order valence-electron chi connectivity index (χ3n) is 4.69. The van der Waals surface area contributed by atoms with Crippen molar-refractivity contribution in [2.45, 2.75) is 20.5 Å². The van der Waals surface area contributed by atoms with Crippen LogP contribution in [0.1, 0.15) is 23.6 Å². The van der Waals surface area contributed by atoms with Crippen LogP contribution in [0, 0.1) is 18.3 Å². The lowest BCUT2D eigenvalue weighted by Gasteiger charge is -2.14. The number of hydrogen-bond donors (Lipinski definition) is 1. The molecule has 0 atom stereocenters. The molecule has 33 heavy (non-hydrogen) atoms.